The van der Waals surface area contributed by atoms with Gasteiger partial charge in [0, 0.05) is 19.1 Å². The predicted molar refractivity (Wildman–Crippen MR) is 196 cm³/mol. The van der Waals surface area contributed by atoms with Crippen LogP contribution < -0.4 is 15.7 Å². The number of hydrogen-bond acceptors (Lipinski definition) is 6. The highest BCUT2D eigenvalue weighted by molar-refractivity contribution is 6.92. The summed E-state index contributed by atoms with van der Waals surface area (Å²) in [7, 11) is -3.24. The van der Waals surface area contributed by atoms with Crippen molar-refractivity contribution in [3.63, 3.8) is 0 Å². The first-order chi connectivity index (χ1) is 23.8. The van der Waals surface area contributed by atoms with E-state index in [9.17, 15) is 9.59 Å². The van der Waals surface area contributed by atoms with Crippen LogP contribution >= 0.6 is 0 Å². The fraction of sp³-hybridized carbons (Fsp3) is 0.317. The molecule has 0 radical (unpaired) electrons. The fourth-order valence-electron chi connectivity index (χ4n) is 6.41. The molecule has 0 unspecified atom stereocenters. The Morgan fingerprint density at radius 3 is 1.90 bits per heavy atom. The van der Waals surface area contributed by atoms with Crippen LogP contribution in [0, 0.1) is 0 Å². The minimum Gasteiger partial charge on any atom is -0.461 e. The first kappa shape index (κ1) is 35.8. The second-order valence-electron chi connectivity index (χ2n) is 12.9. The molecule has 0 heterocycles. The van der Waals surface area contributed by atoms with Crippen LogP contribution in [0.3, 0.4) is 0 Å². The molecule has 0 fully saturated rings. The van der Waals surface area contributed by atoms with Gasteiger partial charge in [0.25, 0.3) is 0 Å². The number of ether oxygens (including phenoxy) is 2. The van der Waals surface area contributed by atoms with Gasteiger partial charge in [0.05, 0.1) is 12.0 Å². The van der Waals surface area contributed by atoms with Gasteiger partial charge in [-0.1, -0.05) is 135 Å². The molecule has 5 rings (SSSR count). The zero-order valence-corrected chi connectivity index (χ0v) is 29.6. The number of rotatable bonds is 18. The normalized spacial score (nSPS) is 12.5. The molecule has 4 aromatic carbocycles. The average molecular weight is 678 g/mol. The highest BCUT2D eigenvalue weighted by Crippen LogP contribution is 2.44. The van der Waals surface area contributed by atoms with Gasteiger partial charge in [-0.25, -0.2) is 4.79 Å². The maximum absolute atomic E-state index is 12.6. The third-order valence-electron chi connectivity index (χ3n) is 8.65. The largest absolute Gasteiger partial charge is 0.461 e. The molecule has 0 saturated heterocycles. The number of alkyl carbamates (subject to hydrolysis) is 1. The molecule has 49 heavy (non-hydrogen) atoms. The molecule has 4 aromatic rings. The number of fused-ring (bicyclic) bond motifs is 3. The zero-order valence-electron chi connectivity index (χ0n) is 28.6. The van der Waals surface area contributed by atoms with E-state index in [2.05, 4.69) is 36.2 Å². The molecule has 1 aliphatic carbocycles. The van der Waals surface area contributed by atoms with Gasteiger partial charge in [0.2, 0.25) is 0 Å². The SMILES string of the molecule is C=CCOC(=O)CC(C)(C)O[Si](OCCCCCCNC(=O)OCC1c2ccccc2-c2ccccc21)(c1ccccc1)c1ccccc1. The lowest BCUT2D eigenvalue weighted by Gasteiger charge is -2.38. The highest BCUT2D eigenvalue weighted by Gasteiger charge is 2.47. The molecule has 0 aromatic heterocycles. The molecule has 256 valence electrons. The molecule has 1 N–H and O–H groups in total. The summed E-state index contributed by atoms with van der Waals surface area (Å²) in [5.74, 6) is -0.304. The van der Waals surface area contributed by atoms with E-state index in [0.29, 0.717) is 19.8 Å². The van der Waals surface area contributed by atoms with Crippen molar-refractivity contribution in [1.29, 1.82) is 0 Å². The lowest BCUT2D eigenvalue weighted by atomic mass is 9.98. The molecule has 7 nitrogen and oxygen atoms in total. The minimum atomic E-state index is -3.24. The monoisotopic (exact) mass is 677 g/mol. The van der Waals surface area contributed by atoms with Crippen LogP contribution in [0.15, 0.2) is 122 Å². The minimum absolute atomic E-state index is 0.0428. The Bertz CT molecular complexity index is 1590. The smallest absolute Gasteiger partial charge is 0.407 e. The molecule has 0 atom stereocenters. The van der Waals surface area contributed by atoms with Crippen LogP contribution in [0.1, 0.15) is 63.0 Å². The quantitative estimate of drug-likeness (QED) is 0.0516. The van der Waals surface area contributed by atoms with Gasteiger partial charge in [-0.3, -0.25) is 4.79 Å². The Morgan fingerprint density at radius 2 is 1.31 bits per heavy atom. The maximum atomic E-state index is 12.6. The number of hydrogen-bond donors (Lipinski definition) is 1. The number of carbonyl (C=O) groups is 2. The van der Waals surface area contributed by atoms with Crippen molar-refractivity contribution in [1.82, 2.24) is 5.32 Å². The lowest BCUT2D eigenvalue weighted by Crippen LogP contribution is -2.66. The van der Waals surface area contributed by atoms with E-state index in [-0.39, 0.29) is 31.0 Å². The van der Waals surface area contributed by atoms with E-state index in [1.54, 1.807) is 6.08 Å². The van der Waals surface area contributed by atoms with Gasteiger partial charge in [-0.2, -0.15) is 0 Å². The van der Waals surface area contributed by atoms with Gasteiger partial charge in [0.1, 0.15) is 13.2 Å². The lowest BCUT2D eigenvalue weighted by molar-refractivity contribution is -0.146. The van der Waals surface area contributed by atoms with E-state index in [1.165, 1.54) is 22.3 Å². The van der Waals surface area contributed by atoms with E-state index in [4.69, 9.17) is 18.3 Å². The van der Waals surface area contributed by atoms with Gasteiger partial charge < -0.3 is 23.6 Å². The molecular formula is C41H47NO6Si. The molecule has 0 bridgehead atoms. The van der Waals surface area contributed by atoms with Gasteiger partial charge in [-0.05, 0) is 59.3 Å². The Morgan fingerprint density at radius 1 is 0.755 bits per heavy atom. The van der Waals surface area contributed by atoms with Crippen molar-refractivity contribution < 1.29 is 27.9 Å². The topological polar surface area (TPSA) is 83.1 Å². The Balaban J connectivity index is 1.11. The molecule has 8 heteroatoms. The molecular weight excluding hydrogens is 631 g/mol. The van der Waals surface area contributed by atoms with Crippen molar-refractivity contribution in [3.05, 3.63) is 133 Å². The number of carbonyl (C=O) groups excluding carboxylic acids is 2. The number of benzene rings is 4. The highest BCUT2D eigenvalue weighted by atomic mass is 28.4. The third-order valence-corrected chi connectivity index (χ3v) is 12.3. The molecule has 0 saturated carbocycles. The summed E-state index contributed by atoms with van der Waals surface area (Å²) < 4.78 is 24.7. The van der Waals surface area contributed by atoms with Gasteiger partial charge in [0.15, 0.2) is 0 Å². The van der Waals surface area contributed by atoms with Crippen molar-refractivity contribution in [3.8, 4) is 11.1 Å². The average Bonchev–Trinajstić information content (AvgIpc) is 3.44. The molecule has 1 amide bonds. The standard InChI is InChI=1S/C41H47NO6Si/c1-4-28-45-39(43)30-41(2,3)48-49(32-19-9-7-10-20-32,33-21-11-8-12-22-33)47-29-18-6-5-17-27-42-40(44)46-31-38-36-25-15-13-23-34(36)35-24-14-16-26-37(35)38/h4,7-16,19-26,38H,1,5-6,17-18,27-31H2,2-3H3,(H,42,44). The summed E-state index contributed by atoms with van der Waals surface area (Å²) in [5.41, 5.74) is 3.97. The summed E-state index contributed by atoms with van der Waals surface area (Å²) in [6.45, 7) is 8.94. The van der Waals surface area contributed by atoms with Crippen molar-refractivity contribution in [2.45, 2.75) is 57.5 Å². The number of unbranched alkanes of at least 4 members (excludes halogenated alkanes) is 3. The third kappa shape index (κ3) is 9.35. The zero-order chi connectivity index (χ0) is 34.5. The van der Waals surface area contributed by atoms with Gasteiger partial charge in [-0.15, -0.1) is 0 Å². The van der Waals surface area contributed by atoms with Crippen LogP contribution in [-0.2, 0) is 23.1 Å². The van der Waals surface area contributed by atoms with Crippen molar-refractivity contribution in [2.75, 3.05) is 26.4 Å². The first-order valence-corrected chi connectivity index (χ1v) is 19.0. The Hall–Kier alpha value is -4.50. The fourth-order valence-corrected chi connectivity index (χ4v) is 9.91. The second-order valence-corrected chi connectivity index (χ2v) is 15.8. The molecule has 1 aliphatic rings. The van der Waals surface area contributed by atoms with Crippen LogP contribution in [0.5, 0.6) is 0 Å². The Labute approximate surface area is 291 Å². The summed E-state index contributed by atoms with van der Waals surface area (Å²) >= 11 is 0. The molecule has 0 spiro atoms. The number of amides is 1. The molecule has 0 aliphatic heterocycles. The van der Waals surface area contributed by atoms with Crippen molar-refractivity contribution in [2.24, 2.45) is 0 Å². The first-order valence-electron chi connectivity index (χ1n) is 17.1. The van der Waals surface area contributed by atoms with E-state index < -0.39 is 14.2 Å². The van der Waals surface area contributed by atoms with Crippen LogP contribution in [-0.4, -0.2) is 52.6 Å². The maximum Gasteiger partial charge on any atom is 0.407 e. The van der Waals surface area contributed by atoms with Crippen LogP contribution in [0.2, 0.25) is 0 Å². The summed E-state index contributed by atoms with van der Waals surface area (Å²) in [6, 6.07) is 36.7. The van der Waals surface area contributed by atoms with Crippen LogP contribution in [0.25, 0.3) is 11.1 Å². The predicted octanol–water partition coefficient (Wildman–Crippen LogP) is 7.27. The second kappa shape index (κ2) is 17.2. The number of nitrogens with one attached hydrogen (secondary N) is 1. The summed E-state index contributed by atoms with van der Waals surface area (Å²) in [5, 5.41) is 4.86. The van der Waals surface area contributed by atoms with E-state index >= 15 is 0 Å². The van der Waals surface area contributed by atoms with Crippen molar-refractivity contribution >= 4 is 31.0 Å². The summed E-state index contributed by atoms with van der Waals surface area (Å²) in [4.78, 5) is 25.2. The number of esters is 1. The van der Waals surface area contributed by atoms with Crippen LogP contribution in [0.4, 0.5) is 4.79 Å². The van der Waals surface area contributed by atoms with Gasteiger partial charge >= 0.3 is 20.6 Å². The van der Waals surface area contributed by atoms with E-state index in [0.717, 1.165) is 36.1 Å². The summed E-state index contributed by atoms with van der Waals surface area (Å²) in [6.07, 6.45) is 4.76. The Kier molecular flexibility index (Phi) is 12.6. The van der Waals surface area contributed by atoms with E-state index in [1.807, 2.05) is 98.8 Å².